The standard InChI is InChI=1S/C52H74N16O10/c1-28(2)19-40(48(74)68-43(51(77)78)21-31-24-60-37-14-7-5-12-34(31)37)67-49(75)41(20-30-23-59-36-13-6-4-11-33(30)36)65-44(70)29(3)62-46(72)39(16-10-18-58-52(55)56)63-47(73)38(15-8-9-17-53)64-50(76)42(22-32-25-57-27-61-32)66-45(71)35(54)26-69/h4-7,11-14,23-25,27-29,35,38-43,59-60,69H,8-10,15-22,26,53-54H2,1-3H3,(H,57,61)(H,62,72)(H,63,73)(H,64,76)(H,65,70)(H,66,71)(H,67,75)(H,68,74)(H,77,78)(H4,55,56,58)/t29-,35-,38-,39-,40-,41-,42-,43-/m0/s1. The number of nitrogens with one attached hydrogen (secondary N) is 10. The van der Waals surface area contributed by atoms with E-state index in [1.807, 2.05) is 62.4 Å². The van der Waals surface area contributed by atoms with Crippen molar-refractivity contribution < 1.29 is 48.6 Å². The number of guanidine groups is 1. The van der Waals surface area contributed by atoms with Crippen LogP contribution in [0.5, 0.6) is 0 Å². The molecule has 5 aromatic rings. The zero-order valence-corrected chi connectivity index (χ0v) is 44.0. The number of carboxylic acids is 1. The normalized spacial score (nSPS) is 14.4. The lowest BCUT2D eigenvalue weighted by atomic mass is 9.99. The summed E-state index contributed by atoms with van der Waals surface area (Å²) in [7, 11) is 0. The number of nitrogens with zero attached hydrogens (tertiary/aromatic N) is 2. The molecule has 8 atom stereocenters. The number of benzene rings is 2. The largest absolute Gasteiger partial charge is 0.480 e. The van der Waals surface area contributed by atoms with E-state index in [2.05, 4.69) is 62.1 Å². The first kappa shape index (κ1) is 60.5. The van der Waals surface area contributed by atoms with E-state index >= 15 is 0 Å². The van der Waals surface area contributed by atoms with E-state index in [1.165, 1.54) is 19.4 Å². The minimum atomic E-state index is -1.36. The van der Waals surface area contributed by atoms with Crippen molar-refractivity contribution >= 4 is 75.1 Å². The third kappa shape index (κ3) is 18.2. The van der Waals surface area contributed by atoms with Crippen LogP contribution < -0.4 is 60.2 Å². The molecule has 7 amide bonds. The predicted molar refractivity (Wildman–Crippen MR) is 290 cm³/mol. The second kappa shape index (κ2) is 29.8. The number of amides is 7. The minimum Gasteiger partial charge on any atom is -0.480 e. The molecular formula is C52H74N16O10. The minimum absolute atomic E-state index is 0.0552. The molecule has 2 aromatic carbocycles. The Morgan fingerprint density at radius 3 is 1.63 bits per heavy atom. The number of nitrogens with two attached hydrogens (primary N) is 4. The van der Waals surface area contributed by atoms with Crippen LogP contribution in [-0.2, 0) is 57.6 Å². The number of imidazole rings is 1. The summed E-state index contributed by atoms with van der Waals surface area (Å²) in [4.78, 5) is 127. The van der Waals surface area contributed by atoms with E-state index in [-0.39, 0.29) is 69.9 Å². The van der Waals surface area contributed by atoms with Gasteiger partial charge >= 0.3 is 5.97 Å². The number of aliphatic hydroxyl groups excluding tert-OH is 1. The van der Waals surface area contributed by atoms with Gasteiger partial charge in [-0.1, -0.05) is 50.2 Å². The van der Waals surface area contributed by atoms with Crippen molar-refractivity contribution in [2.45, 2.75) is 127 Å². The highest BCUT2D eigenvalue weighted by molar-refractivity contribution is 5.98. The number of aromatic nitrogens is 4. The van der Waals surface area contributed by atoms with E-state index in [1.54, 1.807) is 12.4 Å². The molecule has 0 aliphatic carbocycles. The first-order chi connectivity index (χ1) is 37.3. The monoisotopic (exact) mass is 1080 g/mol. The molecule has 3 heterocycles. The Morgan fingerprint density at radius 1 is 0.603 bits per heavy atom. The van der Waals surface area contributed by atoms with E-state index in [0.29, 0.717) is 29.7 Å². The van der Waals surface area contributed by atoms with Crippen LogP contribution in [0.2, 0.25) is 0 Å². The van der Waals surface area contributed by atoms with Crippen molar-refractivity contribution in [3.8, 4) is 0 Å². The number of hydrogen-bond donors (Lipinski definition) is 16. The molecule has 5 rings (SSSR count). The lowest BCUT2D eigenvalue weighted by Crippen LogP contribution is -2.60. The second-order valence-electron chi connectivity index (χ2n) is 19.5. The number of carboxylic acid groups (broad SMARTS) is 1. The van der Waals surface area contributed by atoms with Gasteiger partial charge in [0.25, 0.3) is 0 Å². The highest BCUT2D eigenvalue weighted by atomic mass is 16.4. The molecular weight excluding hydrogens is 1010 g/mol. The Hall–Kier alpha value is -8.36. The number of aliphatic carboxylic acids is 1. The third-order valence-corrected chi connectivity index (χ3v) is 12.8. The molecule has 0 spiro atoms. The summed E-state index contributed by atoms with van der Waals surface area (Å²) in [5, 5.41) is 39.9. The molecule has 0 saturated heterocycles. The number of aromatic amines is 3. The zero-order valence-electron chi connectivity index (χ0n) is 44.0. The van der Waals surface area contributed by atoms with E-state index in [9.17, 15) is 48.6 Å². The highest BCUT2D eigenvalue weighted by Crippen LogP contribution is 2.21. The molecule has 0 saturated carbocycles. The molecule has 26 nitrogen and oxygen atoms in total. The molecule has 78 heavy (non-hydrogen) atoms. The van der Waals surface area contributed by atoms with Crippen molar-refractivity contribution in [2.24, 2.45) is 33.8 Å². The number of fused-ring (bicyclic) bond motifs is 2. The molecule has 0 fully saturated rings. The van der Waals surface area contributed by atoms with Gasteiger partial charge in [0.2, 0.25) is 41.4 Å². The average Bonchev–Trinajstić information content (AvgIpc) is 4.18. The number of carbonyl (C=O) groups is 8. The van der Waals surface area contributed by atoms with Crippen LogP contribution in [0, 0.1) is 5.92 Å². The summed E-state index contributed by atoms with van der Waals surface area (Å²) in [6.45, 7) is 4.66. The SMILES string of the molecule is CC(C)C[C@H](NC(=O)[C@H](Cc1c[nH]c2ccccc12)NC(=O)[C@H](C)NC(=O)[C@H](CCCN=C(N)N)NC(=O)[C@H](CCCCN)NC(=O)[C@H](Cc1cnc[nH]1)NC(=O)[C@@H](N)CO)C(=O)N[C@@H](Cc1c[nH]c2ccccc12)C(=O)O. The molecule has 0 aliphatic rings. The van der Waals surface area contributed by atoms with Gasteiger partial charge in [0, 0.05) is 71.9 Å². The van der Waals surface area contributed by atoms with Gasteiger partial charge in [-0.05, 0) is 81.2 Å². The van der Waals surface area contributed by atoms with Crippen molar-refractivity contribution in [3.63, 3.8) is 0 Å². The number of hydrogen-bond acceptors (Lipinski definition) is 13. The Labute approximate surface area is 450 Å². The number of H-pyrrole nitrogens is 3. The number of aliphatic imine (C=N–C) groups is 1. The van der Waals surface area contributed by atoms with E-state index in [0.717, 1.165) is 21.8 Å². The van der Waals surface area contributed by atoms with Crippen LogP contribution in [0.15, 0.2) is 78.4 Å². The summed E-state index contributed by atoms with van der Waals surface area (Å²) in [6, 6.07) is 4.09. The third-order valence-electron chi connectivity index (χ3n) is 12.8. The summed E-state index contributed by atoms with van der Waals surface area (Å²) in [5.74, 6) is -7.22. The van der Waals surface area contributed by atoms with Crippen molar-refractivity contribution in [2.75, 3.05) is 19.7 Å². The van der Waals surface area contributed by atoms with Crippen molar-refractivity contribution in [1.82, 2.24) is 57.2 Å². The van der Waals surface area contributed by atoms with Crippen LogP contribution >= 0.6 is 0 Å². The summed E-state index contributed by atoms with van der Waals surface area (Å²) in [5.41, 5.74) is 25.9. The highest BCUT2D eigenvalue weighted by Gasteiger charge is 2.34. The van der Waals surface area contributed by atoms with Crippen LogP contribution in [-0.4, -0.2) is 151 Å². The molecule has 0 aliphatic heterocycles. The van der Waals surface area contributed by atoms with Gasteiger partial charge in [-0.2, -0.15) is 0 Å². The maximum atomic E-state index is 14.5. The van der Waals surface area contributed by atoms with Crippen LogP contribution in [0.3, 0.4) is 0 Å². The number of aliphatic hydroxyl groups is 1. The Kier molecular flexibility index (Phi) is 23.1. The molecule has 0 radical (unpaired) electrons. The van der Waals surface area contributed by atoms with Gasteiger partial charge in [0.15, 0.2) is 5.96 Å². The Balaban J connectivity index is 1.35. The van der Waals surface area contributed by atoms with Crippen molar-refractivity contribution in [1.29, 1.82) is 0 Å². The van der Waals surface area contributed by atoms with E-state index in [4.69, 9.17) is 22.9 Å². The first-order valence-corrected chi connectivity index (χ1v) is 25.8. The Morgan fingerprint density at radius 2 is 1.09 bits per heavy atom. The van der Waals surface area contributed by atoms with Gasteiger partial charge in [-0.15, -0.1) is 0 Å². The Bertz CT molecular complexity index is 2840. The fourth-order valence-corrected chi connectivity index (χ4v) is 8.64. The number of rotatable bonds is 32. The van der Waals surface area contributed by atoms with Gasteiger partial charge in [-0.25, -0.2) is 9.78 Å². The number of carbonyl (C=O) groups excluding carboxylic acids is 7. The number of para-hydroxylation sites is 2. The first-order valence-electron chi connectivity index (χ1n) is 25.8. The van der Waals surface area contributed by atoms with Gasteiger partial charge in [0.05, 0.1) is 12.9 Å². The van der Waals surface area contributed by atoms with E-state index < -0.39 is 102 Å². The molecule has 0 unspecified atom stereocenters. The maximum Gasteiger partial charge on any atom is 0.326 e. The maximum absolute atomic E-state index is 14.5. The van der Waals surface area contributed by atoms with Crippen LogP contribution in [0.25, 0.3) is 21.8 Å². The zero-order chi connectivity index (χ0) is 56.9. The average molecular weight is 1080 g/mol. The topological polar surface area (TPSA) is 438 Å². The van der Waals surface area contributed by atoms with Crippen molar-refractivity contribution in [3.05, 3.63) is 90.3 Å². The molecule has 0 bridgehead atoms. The number of unbranched alkanes of at least 4 members (excludes halogenated alkanes) is 1. The lowest BCUT2D eigenvalue weighted by molar-refractivity contribution is -0.142. The van der Waals surface area contributed by atoms with Gasteiger partial charge in [-0.3, -0.25) is 38.6 Å². The van der Waals surface area contributed by atoms with Gasteiger partial charge in [0.1, 0.15) is 48.3 Å². The van der Waals surface area contributed by atoms with Gasteiger partial charge < -0.3 is 85.3 Å². The summed E-state index contributed by atoms with van der Waals surface area (Å²) in [6.07, 6.45) is 7.05. The quantitative estimate of drug-likeness (QED) is 0.0132. The smallest absolute Gasteiger partial charge is 0.326 e. The fourth-order valence-electron chi connectivity index (χ4n) is 8.64. The summed E-state index contributed by atoms with van der Waals surface area (Å²) < 4.78 is 0. The predicted octanol–water partition coefficient (Wildman–Crippen LogP) is -1.55. The van der Waals surface area contributed by atoms with Crippen LogP contribution in [0.1, 0.15) is 76.1 Å². The second-order valence-corrected chi connectivity index (χ2v) is 19.5. The molecule has 26 heteroatoms. The molecule has 3 aromatic heterocycles. The fraction of sp³-hybridized carbons (Fsp3) is 0.462. The molecule has 20 N–H and O–H groups in total. The van der Waals surface area contributed by atoms with Crippen LogP contribution in [0.4, 0.5) is 0 Å². The summed E-state index contributed by atoms with van der Waals surface area (Å²) >= 11 is 0. The lowest BCUT2D eigenvalue weighted by Gasteiger charge is -2.27. The molecule has 422 valence electrons.